The molecule has 0 aliphatic carbocycles. The van der Waals surface area contributed by atoms with Crippen molar-refractivity contribution in [2.45, 2.75) is 13.8 Å². The summed E-state index contributed by atoms with van der Waals surface area (Å²) in [6.45, 7) is 3.83. The number of nitrogens with one attached hydrogen (secondary N) is 1. The Kier molecular flexibility index (Phi) is 3.08. The predicted octanol–water partition coefficient (Wildman–Crippen LogP) is 0.747. The van der Waals surface area contributed by atoms with Crippen molar-refractivity contribution in [3.63, 3.8) is 0 Å². The van der Waals surface area contributed by atoms with Crippen LogP contribution in [-0.2, 0) is 4.74 Å². The van der Waals surface area contributed by atoms with Gasteiger partial charge in [0.1, 0.15) is 5.69 Å². The lowest BCUT2D eigenvalue weighted by Gasteiger charge is -2.00. The summed E-state index contributed by atoms with van der Waals surface area (Å²) in [4.78, 5) is 11.6. The summed E-state index contributed by atoms with van der Waals surface area (Å²) in [6.07, 6.45) is 1.52. The van der Waals surface area contributed by atoms with Gasteiger partial charge < -0.3 is 4.74 Å². The average Bonchev–Trinajstić information content (AvgIpc) is 2.78. The Labute approximate surface area is 97.2 Å². The van der Waals surface area contributed by atoms with E-state index in [1.165, 1.54) is 6.20 Å². The zero-order valence-corrected chi connectivity index (χ0v) is 9.47. The van der Waals surface area contributed by atoms with E-state index < -0.39 is 5.97 Å². The van der Waals surface area contributed by atoms with Crippen molar-refractivity contribution in [2.75, 3.05) is 6.61 Å². The largest absolute Gasteiger partial charge is 0.461 e. The number of ether oxygens (including phenoxy) is 1. The first kappa shape index (κ1) is 11.2. The monoisotopic (exact) mass is 233 g/mol. The van der Waals surface area contributed by atoms with Crippen molar-refractivity contribution in [1.29, 1.82) is 0 Å². The Bertz CT molecular complexity index is 537. The maximum atomic E-state index is 11.6. The number of rotatable bonds is 3. The highest BCUT2D eigenvalue weighted by atomic mass is 16.5. The molecule has 0 aromatic carbocycles. The summed E-state index contributed by atoms with van der Waals surface area (Å²) in [5, 5.41) is 17.8. The second-order valence-electron chi connectivity index (χ2n) is 3.33. The molecule has 0 spiro atoms. The number of carbonyl (C=O) groups excluding carboxylic acids is 1. The lowest BCUT2D eigenvalue weighted by atomic mass is 10.1. The minimum Gasteiger partial charge on any atom is -0.461 e. The fourth-order valence-corrected chi connectivity index (χ4v) is 1.38. The number of aromatic nitrogens is 5. The number of aryl methyl sites for hydroxylation is 1. The summed E-state index contributed by atoms with van der Waals surface area (Å²) in [5.41, 5.74) is 1.98. The Hall–Kier alpha value is -2.31. The van der Waals surface area contributed by atoms with E-state index in [1.807, 2.05) is 0 Å². The van der Waals surface area contributed by atoms with E-state index in [1.54, 1.807) is 19.9 Å². The lowest BCUT2D eigenvalue weighted by Crippen LogP contribution is -2.07. The molecule has 0 fully saturated rings. The average molecular weight is 233 g/mol. The molecule has 0 radical (unpaired) electrons. The van der Waals surface area contributed by atoms with Crippen molar-refractivity contribution < 1.29 is 9.53 Å². The molecule has 0 atom stereocenters. The van der Waals surface area contributed by atoms with Gasteiger partial charge in [-0.05, 0) is 19.9 Å². The number of aromatic amines is 1. The third kappa shape index (κ3) is 2.27. The number of hydrogen-bond donors (Lipinski definition) is 1. The van der Waals surface area contributed by atoms with Crippen LogP contribution in [0.25, 0.3) is 11.3 Å². The van der Waals surface area contributed by atoms with Crippen LogP contribution in [0, 0.1) is 6.92 Å². The molecule has 88 valence electrons. The van der Waals surface area contributed by atoms with Crippen LogP contribution < -0.4 is 0 Å². The van der Waals surface area contributed by atoms with Gasteiger partial charge in [-0.3, -0.25) is 0 Å². The predicted molar refractivity (Wildman–Crippen MR) is 58.1 cm³/mol. The third-order valence-electron chi connectivity index (χ3n) is 2.07. The van der Waals surface area contributed by atoms with Crippen LogP contribution in [0.5, 0.6) is 0 Å². The fraction of sp³-hybridized carbons (Fsp3) is 0.300. The minimum atomic E-state index is -0.509. The first-order chi connectivity index (χ1) is 8.22. The van der Waals surface area contributed by atoms with Crippen LogP contribution in [-0.4, -0.2) is 38.2 Å². The Balaban J connectivity index is 2.40. The molecule has 1 N–H and O–H groups in total. The van der Waals surface area contributed by atoms with E-state index in [9.17, 15) is 4.79 Å². The van der Waals surface area contributed by atoms with Crippen LogP contribution in [0.3, 0.4) is 0 Å². The molecule has 2 aromatic heterocycles. The number of nitrogens with zero attached hydrogens (tertiary/aromatic N) is 4. The van der Waals surface area contributed by atoms with E-state index in [4.69, 9.17) is 4.74 Å². The number of esters is 1. The molecule has 0 amide bonds. The molecule has 7 nitrogen and oxygen atoms in total. The highest BCUT2D eigenvalue weighted by Crippen LogP contribution is 2.19. The smallest absolute Gasteiger partial charge is 0.361 e. The van der Waals surface area contributed by atoms with Gasteiger partial charge in [0, 0.05) is 5.56 Å². The first-order valence-corrected chi connectivity index (χ1v) is 5.10. The minimum absolute atomic E-state index is 0.152. The quantitative estimate of drug-likeness (QED) is 0.786. The van der Waals surface area contributed by atoms with Gasteiger partial charge in [-0.2, -0.15) is 20.5 Å². The molecular weight excluding hydrogens is 222 g/mol. The second-order valence-corrected chi connectivity index (χ2v) is 3.33. The van der Waals surface area contributed by atoms with Gasteiger partial charge in [-0.15, -0.1) is 5.10 Å². The fourth-order valence-electron chi connectivity index (χ4n) is 1.38. The van der Waals surface area contributed by atoms with Crippen LogP contribution in [0.2, 0.25) is 0 Å². The third-order valence-corrected chi connectivity index (χ3v) is 2.07. The molecule has 2 heterocycles. The number of carbonyl (C=O) groups is 1. The lowest BCUT2D eigenvalue weighted by molar-refractivity contribution is 0.0520. The van der Waals surface area contributed by atoms with E-state index >= 15 is 0 Å². The summed E-state index contributed by atoms with van der Waals surface area (Å²) in [6, 6.07) is 1.77. The zero-order valence-electron chi connectivity index (χ0n) is 9.47. The Morgan fingerprint density at radius 3 is 3.00 bits per heavy atom. The Morgan fingerprint density at radius 2 is 2.29 bits per heavy atom. The van der Waals surface area contributed by atoms with Crippen molar-refractivity contribution in [3.8, 4) is 11.3 Å². The van der Waals surface area contributed by atoms with Crippen molar-refractivity contribution in [1.82, 2.24) is 25.6 Å². The maximum absolute atomic E-state index is 11.6. The number of H-pyrrole nitrogens is 1. The zero-order chi connectivity index (χ0) is 12.3. The van der Waals surface area contributed by atoms with E-state index in [0.717, 1.165) is 5.69 Å². The molecule has 7 heteroatoms. The topological polar surface area (TPSA) is 93.7 Å². The molecule has 0 aliphatic heterocycles. The van der Waals surface area contributed by atoms with Crippen LogP contribution >= 0.6 is 0 Å². The molecular formula is C10H11N5O2. The second kappa shape index (κ2) is 4.69. The van der Waals surface area contributed by atoms with Crippen LogP contribution in [0.4, 0.5) is 0 Å². The standard InChI is InChI=1S/C10H11N5O2/c1-3-17-10(16)9-8(13-15-14-9)7-4-6(2)12-11-5-7/h4-5H,3H2,1-2H3,(H,13,14,15). The molecule has 0 saturated heterocycles. The van der Waals surface area contributed by atoms with Gasteiger partial charge in [-0.25, -0.2) is 4.79 Å². The van der Waals surface area contributed by atoms with E-state index in [0.29, 0.717) is 17.9 Å². The van der Waals surface area contributed by atoms with Crippen LogP contribution in [0.15, 0.2) is 12.3 Å². The normalized spacial score (nSPS) is 10.2. The molecule has 2 aromatic rings. The van der Waals surface area contributed by atoms with Crippen molar-refractivity contribution in [3.05, 3.63) is 23.7 Å². The molecule has 17 heavy (non-hydrogen) atoms. The van der Waals surface area contributed by atoms with E-state index in [-0.39, 0.29) is 5.69 Å². The SMILES string of the molecule is CCOC(=O)c1n[nH]nc1-c1cnnc(C)c1. The van der Waals surface area contributed by atoms with Gasteiger partial charge in [0.2, 0.25) is 0 Å². The van der Waals surface area contributed by atoms with Gasteiger partial charge >= 0.3 is 5.97 Å². The summed E-state index contributed by atoms with van der Waals surface area (Å²) in [7, 11) is 0. The van der Waals surface area contributed by atoms with Gasteiger partial charge in [0.05, 0.1) is 18.5 Å². The maximum Gasteiger partial charge on any atom is 0.361 e. The van der Waals surface area contributed by atoms with Gasteiger partial charge in [-0.1, -0.05) is 0 Å². The molecule has 2 rings (SSSR count). The first-order valence-electron chi connectivity index (χ1n) is 5.10. The number of hydrogen-bond acceptors (Lipinski definition) is 6. The van der Waals surface area contributed by atoms with Crippen LogP contribution in [0.1, 0.15) is 23.1 Å². The highest BCUT2D eigenvalue weighted by Gasteiger charge is 2.19. The molecule has 0 bridgehead atoms. The van der Waals surface area contributed by atoms with Crippen molar-refractivity contribution >= 4 is 5.97 Å². The summed E-state index contributed by atoms with van der Waals surface area (Å²) in [5.74, 6) is -0.509. The van der Waals surface area contributed by atoms with Gasteiger partial charge in [0.15, 0.2) is 5.69 Å². The summed E-state index contributed by atoms with van der Waals surface area (Å²) < 4.78 is 4.88. The molecule has 0 saturated carbocycles. The highest BCUT2D eigenvalue weighted by molar-refractivity contribution is 5.93. The Morgan fingerprint density at radius 1 is 1.47 bits per heavy atom. The molecule has 0 unspecified atom stereocenters. The summed E-state index contributed by atoms with van der Waals surface area (Å²) >= 11 is 0. The molecule has 0 aliphatic rings. The van der Waals surface area contributed by atoms with E-state index in [2.05, 4.69) is 25.6 Å². The van der Waals surface area contributed by atoms with Gasteiger partial charge in [0.25, 0.3) is 0 Å². The van der Waals surface area contributed by atoms with Crippen molar-refractivity contribution in [2.24, 2.45) is 0 Å².